The maximum absolute atomic E-state index is 11.5. The fourth-order valence-corrected chi connectivity index (χ4v) is 1.13. The fraction of sp³-hybridized carbons (Fsp3) is 0.100. The Hall–Kier alpha value is -2.17. The number of nitrogens with zero attached hydrogens (tertiary/aromatic N) is 3. The number of amides is 1. The summed E-state index contributed by atoms with van der Waals surface area (Å²) in [5, 5.41) is 6.42. The van der Waals surface area contributed by atoms with Crippen LogP contribution in [0.5, 0.6) is 0 Å². The lowest BCUT2D eigenvalue weighted by atomic mass is 10.2. The van der Waals surface area contributed by atoms with Crippen LogP contribution in [0.2, 0.25) is 0 Å². The van der Waals surface area contributed by atoms with Crippen LogP contribution in [-0.2, 0) is 0 Å². The smallest absolute Gasteiger partial charge is 0.306 e. The van der Waals surface area contributed by atoms with Gasteiger partial charge in [0.05, 0.1) is 0 Å². The summed E-state index contributed by atoms with van der Waals surface area (Å²) in [5.41, 5.74) is 1.88. The number of hydrogen-bond acceptors (Lipinski definition) is 3. The molecule has 0 fully saturated rings. The number of nitrogens with one attached hydrogen (secondary N) is 1. The standard InChI is InChI=1S/C10H10N4O/c1-8-2-4-9(5-3-8)13-10(15)14-7-11-6-12-14/h2-7H,1H3,(H,13,15). The lowest BCUT2D eigenvalue weighted by Crippen LogP contribution is -2.19. The van der Waals surface area contributed by atoms with Gasteiger partial charge in [0, 0.05) is 5.69 Å². The summed E-state index contributed by atoms with van der Waals surface area (Å²) in [6, 6.07) is 7.21. The molecule has 1 aromatic heterocycles. The molecule has 76 valence electrons. The summed E-state index contributed by atoms with van der Waals surface area (Å²) < 4.78 is 1.14. The van der Waals surface area contributed by atoms with Crippen LogP contribution in [0.1, 0.15) is 5.56 Å². The largest absolute Gasteiger partial charge is 0.348 e. The van der Waals surface area contributed by atoms with Crippen molar-refractivity contribution in [1.82, 2.24) is 14.8 Å². The minimum absolute atomic E-state index is 0.323. The number of aryl methyl sites for hydroxylation is 1. The third-order valence-electron chi connectivity index (χ3n) is 1.93. The fourth-order valence-electron chi connectivity index (χ4n) is 1.13. The highest BCUT2D eigenvalue weighted by atomic mass is 16.2. The molecule has 0 saturated heterocycles. The van der Waals surface area contributed by atoms with Gasteiger partial charge in [-0.1, -0.05) is 17.7 Å². The zero-order valence-corrected chi connectivity index (χ0v) is 8.21. The second kappa shape index (κ2) is 3.91. The highest BCUT2D eigenvalue weighted by Crippen LogP contribution is 2.08. The van der Waals surface area contributed by atoms with Crippen LogP contribution in [0, 0.1) is 6.92 Å². The topological polar surface area (TPSA) is 59.8 Å². The Labute approximate surface area is 86.8 Å². The monoisotopic (exact) mass is 202 g/mol. The summed E-state index contributed by atoms with van der Waals surface area (Å²) in [6.45, 7) is 1.99. The summed E-state index contributed by atoms with van der Waals surface area (Å²) in [7, 11) is 0. The van der Waals surface area contributed by atoms with Gasteiger partial charge in [0.2, 0.25) is 0 Å². The van der Waals surface area contributed by atoms with Gasteiger partial charge in [-0.25, -0.2) is 9.78 Å². The molecule has 1 heterocycles. The normalized spacial score (nSPS) is 9.93. The van der Waals surface area contributed by atoms with Gasteiger partial charge in [-0.05, 0) is 19.1 Å². The number of aromatic nitrogens is 3. The van der Waals surface area contributed by atoms with Gasteiger partial charge in [0.1, 0.15) is 12.7 Å². The number of carbonyl (C=O) groups excluding carboxylic acids is 1. The molecule has 15 heavy (non-hydrogen) atoms. The molecule has 1 amide bonds. The van der Waals surface area contributed by atoms with Crippen LogP contribution in [0.15, 0.2) is 36.9 Å². The third-order valence-corrected chi connectivity index (χ3v) is 1.93. The molecule has 0 radical (unpaired) electrons. The van der Waals surface area contributed by atoms with Crippen LogP contribution in [0.4, 0.5) is 10.5 Å². The molecule has 5 nitrogen and oxygen atoms in total. The molecular weight excluding hydrogens is 192 g/mol. The number of anilines is 1. The van der Waals surface area contributed by atoms with E-state index in [4.69, 9.17) is 0 Å². The van der Waals surface area contributed by atoms with Gasteiger partial charge < -0.3 is 5.32 Å². The predicted molar refractivity (Wildman–Crippen MR) is 55.6 cm³/mol. The van der Waals surface area contributed by atoms with Crippen LogP contribution in [-0.4, -0.2) is 20.8 Å². The summed E-state index contributed by atoms with van der Waals surface area (Å²) in [4.78, 5) is 15.2. The van der Waals surface area contributed by atoms with E-state index >= 15 is 0 Å². The summed E-state index contributed by atoms with van der Waals surface area (Å²) in [6.07, 6.45) is 2.66. The molecule has 0 unspecified atom stereocenters. The molecule has 0 aliphatic carbocycles. The van der Waals surface area contributed by atoms with Gasteiger partial charge >= 0.3 is 6.03 Å². The van der Waals surface area contributed by atoms with Crippen molar-refractivity contribution in [1.29, 1.82) is 0 Å². The lowest BCUT2D eigenvalue weighted by molar-refractivity contribution is 0.251. The Morgan fingerprint density at radius 3 is 2.67 bits per heavy atom. The Morgan fingerprint density at radius 1 is 1.33 bits per heavy atom. The zero-order chi connectivity index (χ0) is 10.7. The van der Waals surface area contributed by atoms with Crippen molar-refractivity contribution in [2.45, 2.75) is 6.92 Å². The molecular formula is C10H10N4O. The summed E-state index contributed by atoms with van der Waals surface area (Å²) in [5.74, 6) is 0. The molecule has 1 aromatic carbocycles. The van der Waals surface area contributed by atoms with E-state index in [-0.39, 0.29) is 6.03 Å². The first-order valence-electron chi connectivity index (χ1n) is 4.48. The molecule has 1 N–H and O–H groups in total. The van der Waals surface area contributed by atoms with E-state index in [1.807, 2.05) is 31.2 Å². The number of rotatable bonds is 1. The van der Waals surface area contributed by atoms with Crippen molar-refractivity contribution in [3.8, 4) is 0 Å². The number of carbonyl (C=O) groups is 1. The second-order valence-electron chi connectivity index (χ2n) is 3.14. The van der Waals surface area contributed by atoms with Gasteiger partial charge in [-0.15, -0.1) is 0 Å². The van der Waals surface area contributed by atoms with Gasteiger partial charge in [-0.2, -0.15) is 9.78 Å². The molecule has 0 saturated carbocycles. The molecule has 0 atom stereocenters. The average molecular weight is 202 g/mol. The highest BCUT2D eigenvalue weighted by Gasteiger charge is 2.04. The predicted octanol–water partition coefficient (Wildman–Crippen LogP) is 1.67. The highest BCUT2D eigenvalue weighted by molar-refractivity contribution is 5.90. The number of hydrogen-bond donors (Lipinski definition) is 1. The maximum atomic E-state index is 11.5. The van der Waals surface area contributed by atoms with Crippen molar-refractivity contribution < 1.29 is 4.79 Å². The SMILES string of the molecule is Cc1ccc(NC(=O)n2cncn2)cc1. The van der Waals surface area contributed by atoms with Crippen molar-refractivity contribution >= 4 is 11.7 Å². The molecule has 0 aliphatic rings. The first-order valence-corrected chi connectivity index (χ1v) is 4.48. The first kappa shape index (κ1) is 9.39. The quantitative estimate of drug-likeness (QED) is 0.765. The van der Waals surface area contributed by atoms with Crippen LogP contribution < -0.4 is 5.32 Å². The molecule has 0 spiro atoms. The van der Waals surface area contributed by atoms with Crippen molar-refractivity contribution in [3.63, 3.8) is 0 Å². The van der Waals surface area contributed by atoms with E-state index in [1.165, 1.54) is 12.7 Å². The minimum Gasteiger partial charge on any atom is -0.306 e. The molecule has 0 aliphatic heterocycles. The molecule has 5 heteroatoms. The molecule has 0 bridgehead atoms. The van der Waals surface area contributed by atoms with Crippen LogP contribution in [0.25, 0.3) is 0 Å². The Balaban J connectivity index is 2.09. The van der Waals surface area contributed by atoms with Crippen molar-refractivity contribution in [2.75, 3.05) is 5.32 Å². The summed E-state index contributed by atoms with van der Waals surface area (Å²) >= 11 is 0. The molecule has 2 rings (SSSR count). The van der Waals surface area contributed by atoms with E-state index in [9.17, 15) is 4.79 Å². The average Bonchev–Trinajstić information content (AvgIpc) is 2.74. The van der Waals surface area contributed by atoms with Gasteiger partial charge in [0.25, 0.3) is 0 Å². The van der Waals surface area contributed by atoms with Gasteiger partial charge in [-0.3, -0.25) is 0 Å². The van der Waals surface area contributed by atoms with E-state index in [2.05, 4.69) is 15.4 Å². The van der Waals surface area contributed by atoms with E-state index in [1.54, 1.807) is 0 Å². The second-order valence-corrected chi connectivity index (χ2v) is 3.14. The maximum Gasteiger partial charge on any atom is 0.348 e. The Kier molecular flexibility index (Phi) is 2.45. The first-order chi connectivity index (χ1) is 7.25. The van der Waals surface area contributed by atoms with Crippen LogP contribution in [0.3, 0.4) is 0 Å². The van der Waals surface area contributed by atoms with Crippen LogP contribution >= 0.6 is 0 Å². The minimum atomic E-state index is -0.323. The Morgan fingerprint density at radius 2 is 2.07 bits per heavy atom. The van der Waals surface area contributed by atoms with E-state index < -0.39 is 0 Å². The Bertz CT molecular complexity index is 447. The van der Waals surface area contributed by atoms with E-state index in [0.29, 0.717) is 0 Å². The molecule has 2 aromatic rings. The van der Waals surface area contributed by atoms with E-state index in [0.717, 1.165) is 15.9 Å². The van der Waals surface area contributed by atoms with Crippen molar-refractivity contribution in [3.05, 3.63) is 42.5 Å². The number of benzene rings is 1. The van der Waals surface area contributed by atoms with Gasteiger partial charge in [0.15, 0.2) is 0 Å². The van der Waals surface area contributed by atoms with Crippen molar-refractivity contribution in [2.24, 2.45) is 0 Å². The third kappa shape index (κ3) is 2.19. The zero-order valence-electron chi connectivity index (χ0n) is 8.21. The lowest BCUT2D eigenvalue weighted by Gasteiger charge is -2.03.